The summed E-state index contributed by atoms with van der Waals surface area (Å²) in [5, 5.41) is 41.6. The van der Waals surface area contributed by atoms with Crippen molar-refractivity contribution in [1.29, 1.82) is 0 Å². The molecule has 0 atom stereocenters. The van der Waals surface area contributed by atoms with Crippen molar-refractivity contribution in [3.05, 3.63) is 0 Å². The summed E-state index contributed by atoms with van der Waals surface area (Å²) in [6.45, 7) is 0. The van der Waals surface area contributed by atoms with Gasteiger partial charge in [0.25, 0.3) is 0 Å². The van der Waals surface area contributed by atoms with Crippen LogP contribution in [0.5, 0.6) is 0 Å². The van der Waals surface area contributed by atoms with Crippen molar-refractivity contribution < 1.29 is 39.6 Å². The van der Waals surface area contributed by atoms with E-state index in [9.17, 15) is 19.2 Å². The fourth-order valence-electron chi connectivity index (χ4n) is 1.33. The second-order valence-corrected chi connectivity index (χ2v) is 4.06. The number of carboxylic acids is 4. The molecule has 0 bridgehead atoms. The van der Waals surface area contributed by atoms with E-state index < -0.39 is 47.9 Å². The van der Waals surface area contributed by atoms with Crippen molar-refractivity contribution >= 4 is 41.7 Å². The number of aliphatic carboxylic acids is 4. The van der Waals surface area contributed by atoms with Gasteiger partial charge in [0.1, 0.15) is 0 Å². The van der Waals surface area contributed by atoms with Gasteiger partial charge in [0, 0.05) is 7.05 Å². The van der Waals surface area contributed by atoms with Gasteiger partial charge in [-0.05, 0) is 0 Å². The number of anilines is 3. The lowest BCUT2D eigenvalue weighted by atomic mass is 10.3. The zero-order valence-electron chi connectivity index (χ0n) is 11.9. The van der Waals surface area contributed by atoms with E-state index in [-0.39, 0.29) is 5.95 Å². The molecule has 0 saturated heterocycles. The average molecular weight is 344 g/mol. The summed E-state index contributed by atoms with van der Waals surface area (Å²) in [5.41, 5.74) is 0. The Labute approximate surface area is 132 Å². The molecule has 0 amide bonds. The van der Waals surface area contributed by atoms with Crippen LogP contribution in [-0.4, -0.2) is 78.4 Å². The van der Waals surface area contributed by atoms with Crippen LogP contribution < -0.4 is 16.0 Å². The Morgan fingerprint density at radius 2 is 1.00 bits per heavy atom. The molecule has 7 N–H and O–H groups in total. The first-order valence-corrected chi connectivity index (χ1v) is 6.03. The fourth-order valence-corrected chi connectivity index (χ4v) is 1.33. The van der Waals surface area contributed by atoms with Crippen molar-refractivity contribution in [2.24, 2.45) is 0 Å². The maximum Gasteiger partial charge on any atom is 0.338 e. The van der Waals surface area contributed by atoms with Crippen LogP contribution >= 0.6 is 0 Å². The van der Waals surface area contributed by atoms with E-state index in [1.165, 1.54) is 7.05 Å². The molecule has 1 rings (SSSR count). The second-order valence-electron chi connectivity index (χ2n) is 4.06. The van der Waals surface area contributed by atoms with Crippen molar-refractivity contribution in [2.45, 2.75) is 12.1 Å². The van der Waals surface area contributed by atoms with Gasteiger partial charge < -0.3 is 36.4 Å². The molecule has 0 fully saturated rings. The summed E-state index contributed by atoms with van der Waals surface area (Å²) < 4.78 is 0. The van der Waals surface area contributed by atoms with Crippen LogP contribution in [-0.2, 0) is 19.2 Å². The van der Waals surface area contributed by atoms with Gasteiger partial charge in [-0.25, -0.2) is 19.2 Å². The van der Waals surface area contributed by atoms with E-state index in [0.29, 0.717) is 0 Å². The summed E-state index contributed by atoms with van der Waals surface area (Å²) in [6.07, 6.45) is 0. The Kier molecular flexibility index (Phi) is 5.75. The second kappa shape index (κ2) is 7.52. The van der Waals surface area contributed by atoms with E-state index >= 15 is 0 Å². The van der Waals surface area contributed by atoms with E-state index in [2.05, 4.69) is 20.3 Å². The topological polar surface area (TPSA) is 224 Å². The third-order valence-corrected chi connectivity index (χ3v) is 2.39. The minimum Gasteiger partial charge on any atom is -0.479 e. The molecule has 1 aromatic rings. The first kappa shape index (κ1) is 18.3. The summed E-state index contributed by atoms with van der Waals surface area (Å²) in [5.74, 6) is -8.15. The molecule has 0 aromatic carbocycles. The van der Waals surface area contributed by atoms with E-state index in [4.69, 9.17) is 20.4 Å². The predicted octanol–water partition coefficient (Wildman–Crippen LogP) is -2.19. The normalized spacial score (nSPS) is 10.3. The monoisotopic (exact) mass is 344 g/mol. The first-order chi connectivity index (χ1) is 11.1. The lowest BCUT2D eigenvalue weighted by Crippen LogP contribution is -2.39. The molecule has 0 saturated carbocycles. The molecule has 130 valence electrons. The van der Waals surface area contributed by atoms with Crippen LogP contribution in [0.4, 0.5) is 17.8 Å². The lowest BCUT2D eigenvalue weighted by molar-refractivity contribution is -0.150. The van der Waals surface area contributed by atoms with Crippen molar-refractivity contribution in [1.82, 2.24) is 15.0 Å². The average Bonchev–Trinajstić information content (AvgIpc) is 2.48. The van der Waals surface area contributed by atoms with Crippen molar-refractivity contribution in [3.8, 4) is 0 Å². The first-order valence-electron chi connectivity index (χ1n) is 6.03. The molecular formula is C10H12N6O8. The van der Waals surface area contributed by atoms with Gasteiger partial charge >= 0.3 is 23.9 Å². The molecule has 14 heteroatoms. The number of hydrogen-bond donors (Lipinski definition) is 7. The largest absolute Gasteiger partial charge is 0.479 e. The number of aromatic nitrogens is 3. The Morgan fingerprint density at radius 3 is 1.25 bits per heavy atom. The highest BCUT2D eigenvalue weighted by Crippen LogP contribution is 2.11. The smallest absolute Gasteiger partial charge is 0.338 e. The minimum atomic E-state index is -2.08. The Hall–Kier alpha value is -3.71. The van der Waals surface area contributed by atoms with Gasteiger partial charge in [0.2, 0.25) is 29.9 Å². The van der Waals surface area contributed by atoms with Gasteiger partial charge in [-0.2, -0.15) is 15.0 Å². The van der Waals surface area contributed by atoms with Crippen LogP contribution in [0.2, 0.25) is 0 Å². The number of rotatable bonds is 9. The van der Waals surface area contributed by atoms with Crippen LogP contribution in [0, 0.1) is 0 Å². The van der Waals surface area contributed by atoms with E-state index in [0.717, 1.165) is 0 Å². The number of carbonyl (C=O) groups is 4. The third kappa shape index (κ3) is 4.65. The zero-order valence-corrected chi connectivity index (χ0v) is 11.9. The van der Waals surface area contributed by atoms with Crippen molar-refractivity contribution in [2.75, 3.05) is 23.0 Å². The number of hydrogen-bond acceptors (Lipinski definition) is 10. The maximum absolute atomic E-state index is 10.8. The van der Waals surface area contributed by atoms with Crippen molar-refractivity contribution in [3.63, 3.8) is 0 Å². The lowest BCUT2D eigenvalue weighted by Gasteiger charge is -2.14. The van der Waals surface area contributed by atoms with Crippen LogP contribution in [0.3, 0.4) is 0 Å². The highest BCUT2D eigenvalue weighted by molar-refractivity contribution is 6.00. The van der Waals surface area contributed by atoms with Gasteiger partial charge in [-0.15, -0.1) is 0 Å². The molecule has 0 aliphatic heterocycles. The van der Waals surface area contributed by atoms with Gasteiger partial charge in [-0.3, -0.25) is 0 Å². The molecule has 0 radical (unpaired) electrons. The molecule has 1 aromatic heterocycles. The van der Waals surface area contributed by atoms with Crippen LogP contribution in [0.25, 0.3) is 0 Å². The van der Waals surface area contributed by atoms with Gasteiger partial charge in [0.05, 0.1) is 0 Å². The van der Waals surface area contributed by atoms with E-state index in [1.54, 1.807) is 0 Å². The number of nitrogens with one attached hydrogen (secondary N) is 3. The molecule has 0 aliphatic rings. The minimum absolute atomic E-state index is 0.195. The Balaban J connectivity index is 3.16. The highest BCUT2D eigenvalue weighted by Gasteiger charge is 2.29. The number of nitrogens with zero attached hydrogens (tertiary/aromatic N) is 3. The maximum atomic E-state index is 10.8. The number of carboxylic acid groups (broad SMARTS) is 4. The molecule has 14 nitrogen and oxygen atoms in total. The Morgan fingerprint density at radius 1 is 0.708 bits per heavy atom. The highest BCUT2D eigenvalue weighted by atomic mass is 16.4. The van der Waals surface area contributed by atoms with Crippen LogP contribution in [0.1, 0.15) is 0 Å². The van der Waals surface area contributed by atoms with E-state index in [1.807, 2.05) is 10.6 Å². The molecule has 24 heavy (non-hydrogen) atoms. The zero-order chi connectivity index (χ0) is 18.4. The quantitative estimate of drug-likeness (QED) is 0.236. The molecular weight excluding hydrogens is 332 g/mol. The predicted molar refractivity (Wildman–Crippen MR) is 74.7 cm³/mol. The Bertz CT molecular complexity index is 599. The fraction of sp³-hybridized carbons (Fsp3) is 0.300. The summed E-state index contributed by atoms with van der Waals surface area (Å²) in [4.78, 5) is 54.2. The molecule has 0 aliphatic carbocycles. The SMILES string of the molecule is CNc1nc(NC(C(=O)O)C(=O)O)nc(NC(C(=O)O)C(=O)O)n1. The van der Waals surface area contributed by atoms with Crippen LogP contribution in [0.15, 0.2) is 0 Å². The molecule has 0 spiro atoms. The summed E-state index contributed by atoms with van der Waals surface area (Å²) >= 11 is 0. The summed E-state index contributed by atoms with van der Waals surface area (Å²) in [7, 11) is 1.36. The van der Waals surface area contributed by atoms with Gasteiger partial charge in [0.15, 0.2) is 0 Å². The standard InChI is InChI=1S/C10H12N6O8/c1-11-8-14-9(12-2(4(17)18)5(19)20)16-10(15-8)13-3(6(21)22)7(23)24/h2-3H,1H3,(H,17,18)(H,19,20)(H,21,22)(H,23,24)(H3,11,12,13,14,15,16). The molecule has 1 heterocycles. The summed E-state index contributed by atoms with van der Waals surface area (Å²) in [6, 6.07) is -4.17. The van der Waals surface area contributed by atoms with Gasteiger partial charge in [-0.1, -0.05) is 0 Å². The third-order valence-electron chi connectivity index (χ3n) is 2.39. The molecule has 0 unspecified atom stereocenters.